The molecule has 6 nitrogen and oxygen atoms in total. The largest absolute Gasteiger partial charge is 0.458 e. The molecule has 0 aromatic rings. The number of hydrogen-bond acceptors (Lipinski definition) is 5. The van der Waals surface area contributed by atoms with Gasteiger partial charge in [-0.25, -0.2) is 4.79 Å². The zero-order valence-corrected chi connectivity index (χ0v) is 9.77. The van der Waals surface area contributed by atoms with Crippen molar-refractivity contribution in [3.05, 3.63) is 5.21 Å². The molecule has 0 fully saturated rings. The van der Waals surface area contributed by atoms with E-state index >= 15 is 0 Å². The molecule has 6 heteroatoms. The lowest BCUT2D eigenvalue weighted by Crippen LogP contribution is -2.41. The summed E-state index contributed by atoms with van der Waals surface area (Å²) in [7, 11) is 0. The van der Waals surface area contributed by atoms with Gasteiger partial charge in [0.2, 0.25) is 0 Å². The molecule has 0 spiro atoms. The third-order valence-corrected chi connectivity index (χ3v) is 2.49. The lowest BCUT2D eigenvalue weighted by Gasteiger charge is -2.21. The van der Waals surface area contributed by atoms with Crippen LogP contribution in [0, 0.1) is 10.6 Å². The van der Waals surface area contributed by atoms with Crippen LogP contribution in [0.4, 0.5) is 0 Å². The maximum atomic E-state index is 11.5. The van der Waals surface area contributed by atoms with Gasteiger partial charge in [-0.2, -0.15) is 0 Å². The van der Waals surface area contributed by atoms with Crippen LogP contribution in [0.25, 0.3) is 0 Å². The molecule has 0 bridgehead atoms. The predicted octanol–water partition coefficient (Wildman–Crippen LogP) is 0.430. The van der Waals surface area contributed by atoms with Gasteiger partial charge >= 0.3 is 11.7 Å². The Morgan fingerprint density at radius 1 is 1.56 bits per heavy atom. The Morgan fingerprint density at radius 2 is 2.12 bits per heavy atom. The predicted molar refractivity (Wildman–Crippen MR) is 54.6 cm³/mol. The highest BCUT2D eigenvalue weighted by Crippen LogP contribution is 2.32. The quantitative estimate of drug-likeness (QED) is 0.518. The van der Waals surface area contributed by atoms with E-state index in [1.54, 1.807) is 20.8 Å². The average molecular weight is 229 g/mol. The number of Topliss-reactive ketones (excluding diaryl/α,β-unsaturated/α-hetero) is 1. The molecule has 16 heavy (non-hydrogen) atoms. The minimum Gasteiger partial charge on any atom is -0.458 e. The summed E-state index contributed by atoms with van der Waals surface area (Å²) in [5.74, 6) is -1.05. The maximum absolute atomic E-state index is 11.5. The van der Waals surface area contributed by atoms with Gasteiger partial charge in [0.05, 0.1) is 16.9 Å². The minimum atomic E-state index is -0.972. The molecule has 0 saturated carbocycles. The van der Waals surface area contributed by atoms with Crippen molar-refractivity contribution in [2.24, 2.45) is 5.41 Å². The van der Waals surface area contributed by atoms with Crippen LogP contribution in [0.1, 0.15) is 27.7 Å². The summed E-state index contributed by atoms with van der Waals surface area (Å²) in [5, 5.41) is 11.4. The Morgan fingerprint density at radius 3 is 2.50 bits per heavy atom. The van der Waals surface area contributed by atoms with Crippen LogP contribution in [-0.2, 0) is 19.2 Å². The van der Waals surface area contributed by atoms with E-state index in [4.69, 9.17) is 9.57 Å². The fraction of sp³-hybridized carbons (Fsp3) is 0.700. The Bertz CT molecular complexity index is 358. The van der Waals surface area contributed by atoms with E-state index in [-0.39, 0.29) is 23.0 Å². The number of hydrogen-bond donors (Lipinski definition) is 0. The summed E-state index contributed by atoms with van der Waals surface area (Å²) in [6.45, 7) is 6.32. The van der Waals surface area contributed by atoms with Crippen molar-refractivity contribution in [1.82, 2.24) is 0 Å². The van der Waals surface area contributed by atoms with E-state index in [0.717, 1.165) is 0 Å². The number of ketones is 1. The van der Waals surface area contributed by atoms with E-state index in [9.17, 15) is 14.8 Å². The summed E-state index contributed by atoms with van der Waals surface area (Å²) in [6, 6.07) is 0. The molecule has 0 amide bonds. The second kappa shape index (κ2) is 4.11. The Balaban J connectivity index is 3.05. The number of esters is 1. The first-order chi connectivity index (χ1) is 7.32. The van der Waals surface area contributed by atoms with Crippen LogP contribution in [-0.4, -0.2) is 35.1 Å². The molecule has 0 radical (unpaired) electrons. The number of carbonyl (C=O) groups is 2. The van der Waals surface area contributed by atoms with Gasteiger partial charge in [0.25, 0.3) is 0 Å². The lowest BCUT2D eigenvalue weighted by molar-refractivity contribution is -0.736. The van der Waals surface area contributed by atoms with Crippen molar-refractivity contribution in [3.8, 4) is 0 Å². The topological polar surface area (TPSA) is 78.7 Å². The SMILES string of the molecule is CCOC(=O)C1=[N+]([O-])OC(C(C)=O)C1(C)C. The van der Waals surface area contributed by atoms with Crippen molar-refractivity contribution in [2.45, 2.75) is 33.8 Å². The van der Waals surface area contributed by atoms with Gasteiger partial charge in [-0.15, -0.1) is 0 Å². The van der Waals surface area contributed by atoms with Gasteiger partial charge in [0, 0.05) is 0 Å². The highest BCUT2D eigenvalue weighted by molar-refractivity contribution is 6.37. The fourth-order valence-electron chi connectivity index (χ4n) is 1.76. The molecular weight excluding hydrogens is 214 g/mol. The van der Waals surface area contributed by atoms with Crippen molar-refractivity contribution in [3.63, 3.8) is 0 Å². The number of carbonyl (C=O) groups excluding carboxylic acids is 2. The zero-order chi connectivity index (χ0) is 12.5. The van der Waals surface area contributed by atoms with Gasteiger partial charge in [-0.3, -0.25) is 10.0 Å². The second-order valence-corrected chi connectivity index (χ2v) is 4.14. The third-order valence-electron chi connectivity index (χ3n) is 2.49. The Hall–Kier alpha value is -1.59. The van der Waals surface area contributed by atoms with Crippen LogP contribution in [0.3, 0.4) is 0 Å². The minimum absolute atomic E-state index is 0.0874. The molecule has 0 aromatic heterocycles. The fourth-order valence-corrected chi connectivity index (χ4v) is 1.76. The van der Waals surface area contributed by atoms with Crippen LogP contribution in [0.2, 0.25) is 0 Å². The maximum Gasteiger partial charge on any atom is 0.405 e. The van der Waals surface area contributed by atoms with E-state index in [0.29, 0.717) is 0 Å². The molecule has 1 unspecified atom stereocenters. The molecule has 1 aliphatic heterocycles. The van der Waals surface area contributed by atoms with Crippen LogP contribution in [0.15, 0.2) is 0 Å². The summed E-state index contributed by atoms with van der Waals surface area (Å²) in [4.78, 5) is 27.7. The molecule has 1 aliphatic rings. The standard InChI is InChI=1S/C10H15NO5/c1-5-15-9(13)7-10(3,4)8(6(2)12)16-11(7)14/h8H,5H2,1-4H3. The van der Waals surface area contributed by atoms with Crippen molar-refractivity contribution in [2.75, 3.05) is 6.61 Å². The Labute approximate surface area is 93.4 Å². The summed E-state index contributed by atoms with van der Waals surface area (Å²) < 4.78 is 4.75. The molecule has 1 rings (SSSR count). The van der Waals surface area contributed by atoms with Crippen molar-refractivity contribution in [1.29, 1.82) is 0 Å². The molecule has 1 atom stereocenters. The average Bonchev–Trinajstić information content (AvgIpc) is 2.36. The first kappa shape index (κ1) is 12.5. The molecular formula is C10H15NO5. The van der Waals surface area contributed by atoms with Gasteiger partial charge in [-0.05, 0) is 27.7 Å². The number of rotatable bonds is 3. The van der Waals surface area contributed by atoms with Crippen molar-refractivity contribution >= 4 is 17.5 Å². The molecule has 0 aliphatic carbocycles. The number of nitrogens with zero attached hydrogens (tertiary/aromatic N) is 1. The number of ether oxygens (including phenoxy) is 1. The second-order valence-electron chi connectivity index (χ2n) is 4.14. The van der Waals surface area contributed by atoms with Crippen molar-refractivity contribution < 1.29 is 24.1 Å². The van der Waals surface area contributed by atoms with Crippen LogP contribution < -0.4 is 0 Å². The van der Waals surface area contributed by atoms with Crippen LogP contribution in [0.5, 0.6) is 0 Å². The van der Waals surface area contributed by atoms with Crippen LogP contribution >= 0.6 is 0 Å². The van der Waals surface area contributed by atoms with E-state index < -0.39 is 17.5 Å². The first-order valence-corrected chi connectivity index (χ1v) is 5.01. The monoisotopic (exact) mass is 229 g/mol. The van der Waals surface area contributed by atoms with E-state index in [1.807, 2.05) is 0 Å². The van der Waals surface area contributed by atoms with Gasteiger partial charge < -0.3 is 9.57 Å². The zero-order valence-electron chi connectivity index (χ0n) is 9.77. The molecule has 0 aromatic carbocycles. The third kappa shape index (κ3) is 1.87. The molecule has 0 N–H and O–H groups in total. The Kier molecular flexibility index (Phi) is 3.21. The molecule has 1 heterocycles. The summed E-state index contributed by atoms with van der Waals surface area (Å²) >= 11 is 0. The molecule has 0 saturated heterocycles. The van der Waals surface area contributed by atoms with Gasteiger partial charge in [0.1, 0.15) is 11.9 Å². The molecule has 90 valence electrons. The van der Waals surface area contributed by atoms with Gasteiger partial charge in [0.15, 0.2) is 0 Å². The normalized spacial score (nSPS) is 22.9. The summed E-state index contributed by atoms with van der Waals surface area (Å²) in [6.07, 6.45) is -0.940. The first-order valence-electron chi connectivity index (χ1n) is 5.01. The summed E-state index contributed by atoms with van der Waals surface area (Å²) in [5.41, 5.74) is -1.14. The lowest BCUT2D eigenvalue weighted by atomic mass is 9.80. The van der Waals surface area contributed by atoms with E-state index in [1.165, 1.54) is 6.92 Å². The van der Waals surface area contributed by atoms with Gasteiger partial charge in [-0.1, -0.05) is 0 Å². The van der Waals surface area contributed by atoms with E-state index in [2.05, 4.69) is 0 Å². The highest BCUT2D eigenvalue weighted by Gasteiger charge is 2.54. The highest BCUT2D eigenvalue weighted by atomic mass is 16.9. The smallest absolute Gasteiger partial charge is 0.405 e.